The fourth-order valence-corrected chi connectivity index (χ4v) is 2.10. The molecular weight excluding hydrogens is 325 g/mol. The normalized spacial score (nSPS) is 10.2. The second-order valence-electron chi connectivity index (χ2n) is 4.08. The summed E-state index contributed by atoms with van der Waals surface area (Å²) < 4.78 is 24.7. The summed E-state index contributed by atoms with van der Waals surface area (Å²) in [5.41, 5.74) is 0.742. The molecule has 0 saturated carbocycles. The van der Waals surface area contributed by atoms with Crippen molar-refractivity contribution < 1.29 is 13.9 Å². The second kappa shape index (κ2) is 7.14. The van der Waals surface area contributed by atoms with Crippen molar-refractivity contribution in [2.45, 2.75) is 0 Å². The molecule has 0 aliphatic rings. The van der Waals surface area contributed by atoms with Gasteiger partial charge in [-0.1, -0.05) is 22.0 Å². The molecule has 0 aliphatic carbocycles. The number of methoxy groups -OCH3 is 1. The van der Waals surface area contributed by atoms with Crippen molar-refractivity contribution in [2.24, 2.45) is 0 Å². The van der Waals surface area contributed by atoms with Crippen molar-refractivity contribution >= 4 is 21.6 Å². The quantitative estimate of drug-likeness (QED) is 0.804. The van der Waals surface area contributed by atoms with Crippen LogP contribution in [0.2, 0.25) is 0 Å². The van der Waals surface area contributed by atoms with Crippen LogP contribution in [0.15, 0.2) is 46.9 Å². The van der Waals surface area contributed by atoms with E-state index in [1.807, 2.05) is 24.3 Å². The summed E-state index contributed by atoms with van der Waals surface area (Å²) in [5.74, 6) is 0.956. The number of halogens is 2. The molecule has 1 N–H and O–H groups in total. The Morgan fingerprint density at radius 1 is 1.20 bits per heavy atom. The Balaban J connectivity index is 1.84. The van der Waals surface area contributed by atoms with Gasteiger partial charge in [0.2, 0.25) is 0 Å². The van der Waals surface area contributed by atoms with Crippen LogP contribution in [0, 0.1) is 5.82 Å². The summed E-state index contributed by atoms with van der Waals surface area (Å²) in [6.45, 7) is 1.09. The van der Waals surface area contributed by atoms with Gasteiger partial charge in [-0.15, -0.1) is 0 Å². The van der Waals surface area contributed by atoms with Crippen molar-refractivity contribution in [3.05, 3.63) is 52.8 Å². The van der Waals surface area contributed by atoms with E-state index in [4.69, 9.17) is 9.47 Å². The Hall–Kier alpha value is -1.75. The molecule has 0 amide bonds. The largest absolute Gasteiger partial charge is 0.494 e. The van der Waals surface area contributed by atoms with E-state index in [0.717, 1.165) is 15.9 Å². The summed E-state index contributed by atoms with van der Waals surface area (Å²) in [6.07, 6.45) is 0. The number of hydrogen-bond donors (Lipinski definition) is 1. The fourth-order valence-electron chi connectivity index (χ4n) is 1.72. The zero-order valence-electron chi connectivity index (χ0n) is 11.0. The first-order valence-electron chi connectivity index (χ1n) is 6.15. The molecule has 106 valence electrons. The third-order valence-corrected chi connectivity index (χ3v) is 3.14. The van der Waals surface area contributed by atoms with Crippen LogP contribution in [0.5, 0.6) is 11.5 Å². The molecular formula is C15H15BrFNO2. The number of rotatable bonds is 6. The average molecular weight is 340 g/mol. The molecule has 0 atom stereocenters. The van der Waals surface area contributed by atoms with Gasteiger partial charge in [0.1, 0.15) is 23.9 Å². The Kier molecular flexibility index (Phi) is 5.24. The van der Waals surface area contributed by atoms with E-state index in [1.165, 1.54) is 19.2 Å². The highest BCUT2D eigenvalue weighted by atomic mass is 79.9. The molecule has 0 saturated heterocycles. The van der Waals surface area contributed by atoms with Gasteiger partial charge in [-0.05, 0) is 30.3 Å². The SMILES string of the molecule is COc1cc(F)ccc1NCCOc1cccc(Br)c1. The summed E-state index contributed by atoms with van der Waals surface area (Å²) in [4.78, 5) is 0. The molecule has 0 bridgehead atoms. The third kappa shape index (κ3) is 4.13. The monoisotopic (exact) mass is 339 g/mol. The molecule has 2 aromatic carbocycles. The van der Waals surface area contributed by atoms with Crippen molar-refractivity contribution in [2.75, 3.05) is 25.6 Å². The van der Waals surface area contributed by atoms with Crippen LogP contribution in [0.1, 0.15) is 0 Å². The molecule has 2 rings (SSSR count). The fraction of sp³-hybridized carbons (Fsp3) is 0.200. The maximum Gasteiger partial charge on any atom is 0.144 e. The van der Waals surface area contributed by atoms with E-state index >= 15 is 0 Å². The molecule has 2 aromatic rings. The van der Waals surface area contributed by atoms with Crippen LogP contribution in [0.4, 0.5) is 10.1 Å². The van der Waals surface area contributed by atoms with Gasteiger partial charge in [0, 0.05) is 17.1 Å². The summed E-state index contributed by atoms with van der Waals surface area (Å²) in [6, 6.07) is 12.0. The minimum atomic E-state index is -0.321. The molecule has 0 aromatic heterocycles. The lowest BCUT2D eigenvalue weighted by Crippen LogP contribution is -2.12. The van der Waals surface area contributed by atoms with E-state index < -0.39 is 0 Å². The van der Waals surface area contributed by atoms with Crippen molar-refractivity contribution in [1.82, 2.24) is 0 Å². The Morgan fingerprint density at radius 3 is 2.80 bits per heavy atom. The highest BCUT2D eigenvalue weighted by Crippen LogP contribution is 2.24. The number of anilines is 1. The summed E-state index contributed by atoms with van der Waals surface area (Å²) in [7, 11) is 1.51. The van der Waals surface area contributed by atoms with Crippen LogP contribution in [-0.2, 0) is 0 Å². The number of ether oxygens (including phenoxy) is 2. The van der Waals surface area contributed by atoms with Gasteiger partial charge < -0.3 is 14.8 Å². The molecule has 0 unspecified atom stereocenters. The van der Waals surface area contributed by atoms with Gasteiger partial charge in [-0.25, -0.2) is 4.39 Å². The second-order valence-corrected chi connectivity index (χ2v) is 4.99. The zero-order valence-corrected chi connectivity index (χ0v) is 12.6. The first-order chi connectivity index (χ1) is 9.69. The molecule has 0 spiro atoms. The van der Waals surface area contributed by atoms with E-state index in [-0.39, 0.29) is 5.82 Å². The van der Waals surface area contributed by atoms with Crippen LogP contribution in [-0.4, -0.2) is 20.3 Å². The lowest BCUT2D eigenvalue weighted by Gasteiger charge is -2.12. The molecule has 0 fully saturated rings. The minimum Gasteiger partial charge on any atom is -0.494 e. The molecule has 5 heteroatoms. The number of nitrogens with one attached hydrogen (secondary N) is 1. The first-order valence-corrected chi connectivity index (χ1v) is 6.94. The van der Waals surface area contributed by atoms with Crippen molar-refractivity contribution in [3.63, 3.8) is 0 Å². The van der Waals surface area contributed by atoms with Gasteiger partial charge in [-0.3, -0.25) is 0 Å². The van der Waals surface area contributed by atoms with E-state index in [0.29, 0.717) is 18.9 Å². The minimum absolute atomic E-state index is 0.321. The molecule has 0 aliphatic heterocycles. The molecule has 0 radical (unpaired) electrons. The standard InChI is InChI=1S/C15H15BrFNO2/c1-19-15-10-12(17)5-6-14(15)18-7-8-20-13-4-2-3-11(16)9-13/h2-6,9-10,18H,7-8H2,1H3. The average Bonchev–Trinajstić information content (AvgIpc) is 2.45. The van der Waals surface area contributed by atoms with E-state index in [9.17, 15) is 4.39 Å². The van der Waals surface area contributed by atoms with Crippen LogP contribution in [0.25, 0.3) is 0 Å². The van der Waals surface area contributed by atoms with Crippen molar-refractivity contribution in [1.29, 1.82) is 0 Å². The highest BCUT2D eigenvalue weighted by Gasteiger charge is 2.03. The zero-order chi connectivity index (χ0) is 14.4. The van der Waals surface area contributed by atoms with Gasteiger partial charge in [-0.2, -0.15) is 0 Å². The molecule has 0 heterocycles. The summed E-state index contributed by atoms with van der Waals surface area (Å²) in [5, 5.41) is 3.15. The highest BCUT2D eigenvalue weighted by molar-refractivity contribution is 9.10. The Labute approximate surface area is 125 Å². The molecule has 20 heavy (non-hydrogen) atoms. The van der Waals surface area contributed by atoms with Crippen LogP contribution < -0.4 is 14.8 Å². The van der Waals surface area contributed by atoms with E-state index in [2.05, 4.69) is 21.2 Å². The van der Waals surface area contributed by atoms with Crippen LogP contribution in [0.3, 0.4) is 0 Å². The number of benzene rings is 2. The van der Waals surface area contributed by atoms with Gasteiger partial charge >= 0.3 is 0 Å². The van der Waals surface area contributed by atoms with Crippen molar-refractivity contribution in [3.8, 4) is 11.5 Å². The Bertz CT molecular complexity index is 578. The van der Waals surface area contributed by atoms with Gasteiger partial charge in [0.25, 0.3) is 0 Å². The maximum absolute atomic E-state index is 13.0. The lowest BCUT2D eigenvalue weighted by atomic mass is 10.3. The van der Waals surface area contributed by atoms with Gasteiger partial charge in [0.15, 0.2) is 0 Å². The van der Waals surface area contributed by atoms with Crippen LogP contribution >= 0.6 is 15.9 Å². The maximum atomic E-state index is 13.0. The van der Waals surface area contributed by atoms with E-state index in [1.54, 1.807) is 6.07 Å². The third-order valence-electron chi connectivity index (χ3n) is 2.65. The summed E-state index contributed by atoms with van der Waals surface area (Å²) >= 11 is 3.39. The topological polar surface area (TPSA) is 30.5 Å². The first kappa shape index (κ1) is 14.7. The predicted molar refractivity (Wildman–Crippen MR) is 81.1 cm³/mol. The predicted octanol–water partition coefficient (Wildman–Crippen LogP) is 4.09. The number of hydrogen-bond acceptors (Lipinski definition) is 3. The lowest BCUT2D eigenvalue weighted by molar-refractivity contribution is 0.332. The van der Waals surface area contributed by atoms with Gasteiger partial charge in [0.05, 0.1) is 12.8 Å². The molecule has 3 nitrogen and oxygen atoms in total. The Morgan fingerprint density at radius 2 is 2.05 bits per heavy atom. The smallest absolute Gasteiger partial charge is 0.144 e.